The molecule has 2 N–H and O–H groups in total. The highest BCUT2D eigenvalue weighted by Gasteiger charge is 2.24. The van der Waals surface area contributed by atoms with E-state index in [1.807, 2.05) is 0 Å². The van der Waals surface area contributed by atoms with Gasteiger partial charge < -0.3 is 10.5 Å². The molecule has 66 valence electrons. The normalized spacial score (nSPS) is 31.6. The summed E-state index contributed by atoms with van der Waals surface area (Å²) in [7, 11) is 0. The molecule has 0 aromatic heterocycles. The molecule has 0 aliphatic heterocycles. The molecule has 1 aliphatic rings. The van der Waals surface area contributed by atoms with Crippen molar-refractivity contribution >= 4 is 0 Å². The van der Waals surface area contributed by atoms with Crippen LogP contribution in [0.3, 0.4) is 0 Å². The fourth-order valence-corrected chi connectivity index (χ4v) is 1.75. The summed E-state index contributed by atoms with van der Waals surface area (Å²) in [6, 6.07) is 0. The summed E-state index contributed by atoms with van der Waals surface area (Å²) >= 11 is 0. The molecule has 0 amide bonds. The molecule has 0 saturated heterocycles. The predicted molar refractivity (Wildman–Crippen MR) is 46.4 cm³/mol. The number of rotatable bonds is 3. The third-order valence-electron chi connectivity index (χ3n) is 2.29. The Morgan fingerprint density at radius 3 is 2.64 bits per heavy atom. The lowest BCUT2D eigenvalue weighted by molar-refractivity contribution is 0.0105. The van der Waals surface area contributed by atoms with Crippen molar-refractivity contribution in [3.8, 4) is 0 Å². The van der Waals surface area contributed by atoms with Gasteiger partial charge in [0.05, 0.1) is 12.2 Å². The average molecular weight is 157 g/mol. The lowest BCUT2D eigenvalue weighted by atomic mass is 10.1. The molecule has 0 bridgehead atoms. The van der Waals surface area contributed by atoms with Crippen LogP contribution in [0.4, 0.5) is 0 Å². The third kappa shape index (κ3) is 2.80. The Morgan fingerprint density at radius 2 is 2.18 bits per heavy atom. The standard InChI is InChI=1S/C9H19NO/c1-7(2)11-9-4-3-8(5-9)6-10/h7-9H,3-6,10H2,1-2H3. The van der Waals surface area contributed by atoms with Gasteiger partial charge in [-0.05, 0) is 45.6 Å². The summed E-state index contributed by atoms with van der Waals surface area (Å²) in [5.74, 6) is 0.721. The summed E-state index contributed by atoms with van der Waals surface area (Å²) in [5.41, 5.74) is 5.57. The number of nitrogens with two attached hydrogens (primary N) is 1. The molecule has 11 heavy (non-hydrogen) atoms. The quantitative estimate of drug-likeness (QED) is 0.674. The van der Waals surface area contributed by atoms with Crippen molar-refractivity contribution in [2.45, 2.75) is 45.3 Å². The molecule has 0 aromatic carbocycles. The van der Waals surface area contributed by atoms with E-state index in [1.165, 1.54) is 19.3 Å². The topological polar surface area (TPSA) is 35.2 Å². The largest absolute Gasteiger partial charge is 0.376 e. The highest BCUT2D eigenvalue weighted by atomic mass is 16.5. The zero-order chi connectivity index (χ0) is 8.27. The molecule has 1 fully saturated rings. The Morgan fingerprint density at radius 1 is 1.45 bits per heavy atom. The maximum Gasteiger partial charge on any atom is 0.0581 e. The van der Waals surface area contributed by atoms with Gasteiger partial charge in [0.25, 0.3) is 0 Å². The molecule has 2 unspecified atom stereocenters. The maximum absolute atomic E-state index is 5.69. The molecular formula is C9H19NO. The van der Waals surface area contributed by atoms with Crippen molar-refractivity contribution in [2.24, 2.45) is 11.7 Å². The molecular weight excluding hydrogens is 138 g/mol. The zero-order valence-corrected chi connectivity index (χ0v) is 7.55. The Labute approximate surface area is 69.1 Å². The first-order valence-electron chi connectivity index (χ1n) is 4.58. The summed E-state index contributed by atoms with van der Waals surface area (Å²) < 4.78 is 5.69. The second kappa shape index (κ2) is 4.07. The fraction of sp³-hybridized carbons (Fsp3) is 1.00. The van der Waals surface area contributed by atoms with Crippen LogP contribution in [0.1, 0.15) is 33.1 Å². The van der Waals surface area contributed by atoms with E-state index >= 15 is 0 Å². The monoisotopic (exact) mass is 157 g/mol. The highest BCUT2D eigenvalue weighted by Crippen LogP contribution is 2.27. The van der Waals surface area contributed by atoms with Gasteiger partial charge in [-0.2, -0.15) is 0 Å². The van der Waals surface area contributed by atoms with Crippen LogP contribution in [0.25, 0.3) is 0 Å². The summed E-state index contributed by atoms with van der Waals surface area (Å²) in [6.07, 6.45) is 4.50. The second-order valence-corrected chi connectivity index (χ2v) is 3.72. The lowest BCUT2D eigenvalue weighted by Gasteiger charge is -2.14. The van der Waals surface area contributed by atoms with Gasteiger partial charge in [-0.15, -0.1) is 0 Å². The molecule has 0 radical (unpaired) electrons. The van der Waals surface area contributed by atoms with Crippen molar-refractivity contribution < 1.29 is 4.74 Å². The van der Waals surface area contributed by atoms with Gasteiger partial charge >= 0.3 is 0 Å². The Kier molecular flexibility index (Phi) is 3.34. The van der Waals surface area contributed by atoms with Crippen LogP contribution in [-0.2, 0) is 4.74 Å². The van der Waals surface area contributed by atoms with E-state index in [0.717, 1.165) is 12.5 Å². The number of hydrogen-bond acceptors (Lipinski definition) is 2. The average Bonchev–Trinajstić information content (AvgIpc) is 2.34. The van der Waals surface area contributed by atoms with E-state index in [1.54, 1.807) is 0 Å². The van der Waals surface area contributed by atoms with E-state index in [9.17, 15) is 0 Å². The highest BCUT2D eigenvalue weighted by molar-refractivity contribution is 4.76. The van der Waals surface area contributed by atoms with Gasteiger partial charge in [0.1, 0.15) is 0 Å². The van der Waals surface area contributed by atoms with Crippen LogP contribution in [0.2, 0.25) is 0 Å². The van der Waals surface area contributed by atoms with E-state index < -0.39 is 0 Å². The molecule has 1 saturated carbocycles. The van der Waals surface area contributed by atoms with Gasteiger partial charge in [-0.1, -0.05) is 0 Å². The molecule has 1 rings (SSSR count). The minimum atomic E-state index is 0.372. The third-order valence-corrected chi connectivity index (χ3v) is 2.29. The van der Waals surface area contributed by atoms with Crippen molar-refractivity contribution in [2.75, 3.05) is 6.54 Å². The van der Waals surface area contributed by atoms with E-state index in [-0.39, 0.29) is 0 Å². The SMILES string of the molecule is CC(C)OC1CCC(CN)C1. The van der Waals surface area contributed by atoms with Crippen LogP contribution >= 0.6 is 0 Å². The molecule has 0 heterocycles. The van der Waals surface area contributed by atoms with E-state index in [0.29, 0.717) is 12.2 Å². The fourth-order valence-electron chi connectivity index (χ4n) is 1.75. The van der Waals surface area contributed by atoms with Crippen molar-refractivity contribution in [1.82, 2.24) is 0 Å². The minimum absolute atomic E-state index is 0.372. The Bertz CT molecular complexity index is 114. The van der Waals surface area contributed by atoms with Crippen LogP contribution < -0.4 is 5.73 Å². The number of ether oxygens (including phenoxy) is 1. The molecule has 2 heteroatoms. The summed E-state index contributed by atoms with van der Waals surface area (Å²) in [5, 5.41) is 0. The molecule has 1 aliphatic carbocycles. The summed E-state index contributed by atoms with van der Waals surface area (Å²) in [6.45, 7) is 5.02. The number of hydrogen-bond donors (Lipinski definition) is 1. The van der Waals surface area contributed by atoms with E-state index in [4.69, 9.17) is 10.5 Å². The first-order valence-corrected chi connectivity index (χ1v) is 4.58. The van der Waals surface area contributed by atoms with Gasteiger partial charge in [-0.3, -0.25) is 0 Å². The molecule has 0 spiro atoms. The smallest absolute Gasteiger partial charge is 0.0581 e. The lowest BCUT2D eigenvalue weighted by Crippen LogP contribution is -2.16. The van der Waals surface area contributed by atoms with Crippen LogP contribution in [0, 0.1) is 5.92 Å². The Balaban J connectivity index is 2.19. The second-order valence-electron chi connectivity index (χ2n) is 3.72. The molecule has 2 atom stereocenters. The van der Waals surface area contributed by atoms with Crippen molar-refractivity contribution in [1.29, 1.82) is 0 Å². The van der Waals surface area contributed by atoms with Crippen LogP contribution in [0.15, 0.2) is 0 Å². The summed E-state index contributed by atoms with van der Waals surface area (Å²) in [4.78, 5) is 0. The minimum Gasteiger partial charge on any atom is -0.376 e. The van der Waals surface area contributed by atoms with Gasteiger partial charge in [0.2, 0.25) is 0 Å². The first kappa shape index (κ1) is 9.01. The van der Waals surface area contributed by atoms with Crippen molar-refractivity contribution in [3.05, 3.63) is 0 Å². The predicted octanol–water partition coefficient (Wildman–Crippen LogP) is 1.54. The maximum atomic E-state index is 5.69. The van der Waals surface area contributed by atoms with Crippen LogP contribution in [0.5, 0.6) is 0 Å². The Hall–Kier alpha value is -0.0800. The zero-order valence-electron chi connectivity index (χ0n) is 7.55. The van der Waals surface area contributed by atoms with Crippen molar-refractivity contribution in [3.63, 3.8) is 0 Å². The molecule has 2 nitrogen and oxygen atoms in total. The van der Waals surface area contributed by atoms with Gasteiger partial charge in [0.15, 0.2) is 0 Å². The molecule has 0 aromatic rings. The van der Waals surface area contributed by atoms with Gasteiger partial charge in [-0.25, -0.2) is 0 Å². The first-order chi connectivity index (χ1) is 5.22. The van der Waals surface area contributed by atoms with E-state index in [2.05, 4.69) is 13.8 Å². The van der Waals surface area contributed by atoms with Gasteiger partial charge in [0, 0.05) is 0 Å². The van der Waals surface area contributed by atoms with Crippen LogP contribution in [-0.4, -0.2) is 18.8 Å².